The topological polar surface area (TPSA) is 50.8 Å². The smallest absolute Gasteiger partial charge is 0.244 e. The molecule has 5 heteroatoms. The Kier molecular flexibility index (Phi) is 6.36. The second-order valence-corrected chi connectivity index (χ2v) is 6.61. The van der Waals surface area contributed by atoms with Crippen molar-refractivity contribution in [2.24, 2.45) is 0 Å². The first-order valence-electron chi connectivity index (χ1n) is 9.19. The van der Waals surface area contributed by atoms with E-state index in [-0.39, 0.29) is 11.9 Å². The van der Waals surface area contributed by atoms with Gasteiger partial charge in [-0.25, -0.2) is 0 Å². The maximum atomic E-state index is 12.3. The van der Waals surface area contributed by atoms with Crippen molar-refractivity contribution in [1.82, 2.24) is 5.32 Å². The van der Waals surface area contributed by atoms with E-state index in [1.54, 1.807) is 26.4 Å². The summed E-state index contributed by atoms with van der Waals surface area (Å²) in [7, 11) is 3.31. The average Bonchev–Trinajstić information content (AvgIpc) is 2.72. The molecule has 1 aliphatic heterocycles. The van der Waals surface area contributed by atoms with Crippen LogP contribution in [0.3, 0.4) is 0 Å². The molecule has 0 aromatic heterocycles. The van der Waals surface area contributed by atoms with Gasteiger partial charge in [0.05, 0.1) is 14.2 Å². The Bertz CT molecular complexity index is 804. The molecule has 1 fully saturated rings. The van der Waals surface area contributed by atoms with Gasteiger partial charge in [0.25, 0.3) is 0 Å². The van der Waals surface area contributed by atoms with Crippen LogP contribution in [0.5, 0.6) is 11.5 Å². The zero-order valence-electron chi connectivity index (χ0n) is 15.9. The van der Waals surface area contributed by atoms with E-state index in [1.165, 1.54) is 0 Å². The summed E-state index contributed by atoms with van der Waals surface area (Å²) in [5, 5.41) is 3.12. The quantitative estimate of drug-likeness (QED) is 0.795. The van der Waals surface area contributed by atoms with Crippen LogP contribution in [0.4, 0.5) is 5.69 Å². The lowest BCUT2D eigenvalue weighted by Crippen LogP contribution is -2.47. The molecule has 0 aliphatic carbocycles. The first kappa shape index (κ1) is 18.8. The van der Waals surface area contributed by atoms with Gasteiger partial charge in [-0.2, -0.15) is 0 Å². The summed E-state index contributed by atoms with van der Waals surface area (Å²) >= 11 is 0. The molecule has 1 amide bonds. The number of hydrogen-bond donors (Lipinski definition) is 1. The zero-order chi connectivity index (χ0) is 19.1. The third-order valence-corrected chi connectivity index (χ3v) is 4.71. The molecule has 1 atom stereocenters. The van der Waals surface area contributed by atoms with Crippen molar-refractivity contribution in [3.63, 3.8) is 0 Å². The minimum Gasteiger partial charge on any atom is -0.497 e. The van der Waals surface area contributed by atoms with E-state index in [1.807, 2.05) is 42.5 Å². The largest absolute Gasteiger partial charge is 0.497 e. The average molecular weight is 366 g/mol. The number of ether oxygens (including phenoxy) is 2. The monoisotopic (exact) mass is 366 g/mol. The maximum Gasteiger partial charge on any atom is 0.244 e. The Morgan fingerprint density at radius 2 is 1.85 bits per heavy atom. The highest BCUT2D eigenvalue weighted by molar-refractivity contribution is 5.92. The Balaban J connectivity index is 1.58. The summed E-state index contributed by atoms with van der Waals surface area (Å²) in [4.78, 5) is 14.6. The van der Waals surface area contributed by atoms with E-state index in [4.69, 9.17) is 9.47 Å². The normalized spacial score (nSPS) is 17.0. The number of carbonyl (C=O) groups is 1. The van der Waals surface area contributed by atoms with Crippen LogP contribution < -0.4 is 19.7 Å². The summed E-state index contributed by atoms with van der Waals surface area (Å²) in [6.45, 7) is 1.78. The first-order valence-corrected chi connectivity index (χ1v) is 9.19. The number of rotatable bonds is 6. The minimum atomic E-state index is -0.0738. The summed E-state index contributed by atoms with van der Waals surface area (Å²) in [6, 6.07) is 15.8. The molecule has 0 bridgehead atoms. The van der Waals surface area contributed by atoms with Gasteiger partial charge in [0, 0.05) is 37.0 Å². The zero-order valence-corrected chi connectivity index (χ0v) is 15.9. The van der Waals surface area contributed by atoms with Crippen LogP contribution in [0.25, 0.3) is 6.08 Å². The number of carbonyl (C=O) groups excluding carboxylic acids is 1. The van der Waals surface area contributed by atoms with Crippen molar-refractivity contribution in [3.05, 3.63) is 60.2 Å². The fourth-order valence-electron chi connectivity index (χ4n) is 3.30. The maximum absolute atomic E-state index is 12.3. The number of nitrogens with one attached hydrogen (secondary N) is 1. The number of benzene rings is 2. The minimum absolute atomic E-state index is 0.0738. The molecule has 0 saturated carbocycles. The number of amides is 1. The van der Waals surface area contributed by atoms with Crippen LogP contribution in [-0.2, 0) is 4.79 Å². The molecule has 27 heavy (non-hydrogen) atoms. The van der Waals surface area contributed by atoms with Gasteiger partial charge >= 0.3 is 0 Å². The lowest BCUT2D eigenvalue weighted by Gasteiger charge is -2.34. The van der Waals surface area contributed by atoms with Crippen LogP contribution in [0.1, 0.15) is 18.4 Å². The second-order valence-electron chi connectivity index (χ2n) is 6.61. The molecule has 3 rings (SSSR count). The number of methoxy groups -OCH3 is 2. The van der Waals surface area contributed by atoms with E-state index in [0.29, 0.717) is 0 Å². The molecule has 1 unspecified atom stereocenters. The third kappa shape index (κ3) is 5.26. The van der Waals surface area contributed by atoms with Crippen molar-refractivity contribution in [3.8, 4) is 11.5 Å². The molecule has 1 N–H and O–H groups in total. The van der Waals surface area contributed by atoms with Crippen LogP contribution >= 0.6 is 0 Å². The Hall–Kier alpha value is -2.95. The van der Waals surface area contributed by atoms with Crippen LogP contribution in [0.2, 0.25) is 0 Å². The van der Waals surface area contributed by atoms with Crippen LogP contribution in [0.15, 0.2) is 54.6 Å². The highest BCUT2D eigenvalue weighted by atomic mass is 16.5. The molecule has 1 aliphatic rings. The predicted molar refractivity (Wildman–Crippen MR) is 108 cm³/mol. The van der Waals surface area contributed by atoms with Crippen molar-refractivity contribution in [2.75, 3.05) is 32.2 Å². The van der Waals surface area contributed by atoms with Gasteiger partial charge in [-0.05, 0) is 48.7 Å². The predicted octanol–water partition coefficient (Wildman–Crippen LogP) is 3.50. The number of hydrogen-bond acceptors (Lipinski definition) is 4. The van der Waals surface area contributed by atoms with Crippen molar-refractivity contribution >= 4 is 17.7 Å². The van der Waals surface area contributed by atoms with Crippen LogP contribution in [0, 0.1) is 0 Å². The van der Waals surface area contributed by atoms with Gasteiger partial charge in [0.15, 0.2) is 0 Å². The van der Waals surface area contributed by atoms with Gasteiger partial charge in [-0.3, -0.25) is 4.79 Å². The van der Waals surface area contributed by atoms with Crippen molar-refractivity contribution < 1.29 is 14.3 Å². The van der Waals surface area contributed by atoms with Crippen molar-refractivity contribution in [2.45, 2.75) is 18.9 Å². The van der Waals surface area contributed by atoms with Crippen LogP contribution in [-0.4, -0.2) is 39.3 Å². The van der Waals surface area contributed by atoms with Crippen molar-refractivity contribution in [1.29, 1.82) is 0 Å². The second kappa shape index (κ2) is 9.12. The molecule has 0 spiro atoms. The van der Waals surface area contributed by atoms with Gasteiger partial charge in [-0.15, -0.1) is 0 Å². The Morgan fingerprint density at radius 1 is 1.11 bits per heavy atom. The molecule has 142 valence electrons. The van der Waals surface area contributed by atoms with E-state index in [0.717, 1.165) is 48.7 Å². The van der Waals surface area contributed by atoms with E-state index in [9.17, 15) is 4.79 Å². The van der Waals surface area contributed by atoms with Gasteiger partial charge < -0.3 is 19.7 Å². The summed E-state index contributed by atoms with van der Waals surface area (Å²) in [5.41, 5.74) is 2.06. The lowest BCUT2D eigenvalue weighted by molar-refractivity contribution is -0.117. The Morgan fingerprint density at radius 3 is 2.63 bits per heavy atom. The molecule has 1 saturated heterocycles. The fraction of sp³-hybridized carbons (Fsp3) is 0.318. The van der Waals surface area contributed by atoms with E-state index in [2.05, 4.69) is 16.3 Å². The Labute approximate surface area is 160 Å². The summed E-state index contributed by atoms with van der Waals surface area (Å²) < 4.78 is 10.5. The van der Waals surface area contributed by atoms with Gasteiger partial charge in [0.2, 0.25) is 5.91 Å². The van der Waals surface area contributed by atoms with Gasteiger partial charge in [0.1, 0.15) is 11.5 Å². The SMILES string of the molecule is COc1cccc(/C=C/C(=O)NC2CCCN(c3cccc(OC)c3)C2)c1. The third-order valence-electron chi connectivity index (χ3n) is 4.71. The number of piperidine rings is 1. The summed E-state index contributed by atoms with van der Waals surface area (Å²) in [6.07, 6.45) is 5.42. The molecule has 2 aromatic carbocycles. The molecular weight excluding hydrogens is 340 g/mol. The molecule has 2 aromatic rings. The van der Waals surface area contributed by atoms with E-state index < -0.39 is 0 Å². The lowest BCUT2D eigenvalue weighted by atomic mass is 10.0. The summed E-state index contributed by atoms with van der Waals surface area (Å²) in [5.74, 6) is 1.55. The first-order chi connectivity index (χ1) is 13.2. The number of anilines is 1. The van der Waals surface area contributed by atoms with Gasteiger partial charge in [-0.1, -0.05) is 18.2 Å². The highest BCUT2D eigenvalue weighted by Gasteiger charge is 2.21. The standard InChI is InChI=1S/C22H26N2O3/c1-26-20-9-3-6-17(14-20)11-12-22(25)23-18-7-5-13-24(16-18)19-8-4-10-21(15-19)27-2/h3-4,6,8-12,14-15,18H,5,7,13,16H2,1-2H3,(H,23,25)/b12-11+. The fourth-order valence-corrected chi connectivity index (χ4v) is 3.30. The molecule has 0 radical (unpaired) electrons. The molecular formula is C22H26N2O3. The number of nitrogens with zero attached hydrogens (tertiary/aromatic N) is 1. The highest BCUT2D eigenvalue weighted by Crippen LogP contribution is 2.24. The molecule has 1 heterocycles. The molecule has 5 nitrogen and oxygen atoms in total. The van der Waals surface area contributed by atoms with E-state index >= 15 is 0 Å².